The predicted octanol–water partition coefficient (Wildman–Crippen LogP) is 19.2. The van der Waals surface area contributed by atoms with Gasteiger partial charge in [-0.05, 0) is 37.5 Å². The molecule has 0 aromatic carbocycles. The first-order chi connectivity index (χ1) is 41.9. The summed E-state index contributed by atoms with van der Waals surface area (Å²) >= 11 is 0. The molecule has 0 aromatic rings. The molecule has 17 nitrogen and oxygen atoms in total. The number of aliphatic hydroxyl groups is 1. The standard InChI is InChI=1S/C68H132O17P2/c1-7-9-11-13-14-15-16-26-29-32-39-45-51-66(71)79-57-64(84-67(72)52-46-40-33-30-27-24-22-20-18-17-19-21-23-25-28-31-37-42-48-60(3)4)59-83-87(76,77)81-55-62(69)54-80-86(74,75)82-58-63(56-78-65(70)50-44-36-12-10-8-2)85-68(73)53-47-41-35-34-38-43-49-61(5)6/h60-64,69H,7-59H2,1-6H3,(H,74,75)(H,76,77)/t62-,63+,64+/m0/s1. The van der Waals surface area contributed by atoms with Crippen LogP contribution in [0.5, 0.6) is 0 Å². The van der Waals surface area contributed by atoms with Crippen LogP contribution in [0.3, 0.4) is 0 Å². The van der Waals surface area contributed by atoms with E-state index in [9.17, 15) is 43.2 Å². The molecule has 0 rings (SSSR count). The lowest BCUT2D eigenvalue weighted by Crippen LogP contribution is -2.30. The van der Waals surface area contributed by atoms with Crippen LogP contribution >= 0.6 is 15.6 Å². The molecule has 0 aromatic heterocycles. The number of esters is 4. The van der Waals surface area contributed by atoms with Crippen molar-refractivity contribution in [2.45, 2.75) is 362 Å². The average molecular weight is 1280 g/mol. The number of rotatable bonds is 67. The molecule has 0 aliphatic rings. The van der Waals surface area contributed by atoms with Gasteiger partial charge in [-0.3, -0.25) is 37.3 Å². The molecule has 0 heterocycles. The number of carbonyl (C=O) groups excluding carboxylic acids is 4. The molecule has 0 amide bonds. The maximum Gasteiger partial charge on any atom is 0.472 e. The molecule has 19 heteroatoms. The minimum absolute atomic E-state index is 0.101. The van der Waals surface area contributed by atoms with Crippen molar-refractivity contribution >= 4 is 39.5 Å². The van der Waals surface area contributed by atoms with Gasteiger partial charge in [-0.2, -0.15) is 0 Å². The fourth-order valence-corrected chi connectivity index (χ4v) is 11.8. The number of ether oxygens (including phenoxy) is 4. The highest BCUT2D eigenvalue weighted by molar-refractivity contribution is 7.47. The number of hydrogen-bond acceptors (Lipinski definition) is 15. The number of aliphatic hydroxyl groups excluding tert-OH is 1. The number of carbonyl (C=O) groups is 4. The smallest absolute Gasteiger partial charge is 0.462 e. The van der Waals surface area contributed by atoms with E-state index in [4.69, 9.17) is 37.0 Å². The Hall–Kier alpha value is -1.94. The van der Waals surface area contributed by atoms with E-state index in [0.29, 0.717) is 31.6 Å². The van der Waals surface area contributed by atoms with Gasteiger partial charge in [0, 0.05) is 25.7 Å². The van der Waals surface area contributed by atoms with Gasteiger partial charge in [-0.15, -0.1) is 0 Å². The Bertz CT molecular complexity index is 1700. The van der Waals surface area contributed by atoms with Crippen molar-refractivity contribution in [1.29, 1.82) is 0 Å². The Morgan fingerprint density at radius 2 is 0.529 bits per heavy atom. The molecule has 3 N–H and O–H groups in total. The third-order valence-corrected chi connectivity index (χ3v) is 17.6. The van der Waals surface area contributed by atoms with Crippen LogP contribution in [0, 0.1) is 11.8 Å². The second-order valence-electron chi connectivity index (χ2n) is 25.5. The molecule has 516 valence electrons. The average Bonchev–Trinajstić information content (AvgIpc) is 3.69. The largest absolute Gasteiger partial charge is 0.472 e. The van der Waals surface area contributed by atoms with Crippen molar-refractivity contribution in [2.75, 3.05) is 39.6 Å². The number of phosphoric acid groups is 2. The van der Waals surface area contributed by atoms with Gasteiger partial charge in [0.05, 0.1) is 26.4 Å². The van der Waals surface area contributed by atoms with Gasteiger partial charge in [-0.25, -0.2) is 9.13 Å². The Balaban J connectivity index is 5.09. The summed E-state index contributed by atoms with van der Waals surface area (Å²) in [7, 11) is -9.88. The maximum absolute atomic E-state index is 13.0. The van der Waals surface area contributed by atoms with Gasteiger partial charge in [0.15, 0.2) is 12.2 Å². The zero-order valence-corrected chi connectivity index (χ0v) is 58.1. The minimum Gasteiger partial charge on any atom is -0.462 e. The van der Waals surface area contributed by atoms with E-state index < -0.39 is 97.5 Å². The molecule has 0 saturated carbocycles. The monoisotopic (exact) mass is 1280 g/mol. The van der Waals surface area contributed by atoms with Gasteiger partial charge in [-0.1, -0.05) is 292 Å². The summed E-state index contributed by atoms with van der Waals surface area (Å²) in [6.07, 6.45) is 45.1. The van der Waals surface area contributed by atoms with Crippen LogP contribution in [-0.4, -0.2) is 96.7 Å². The lowest BCUT2D eigenvalue weighted by Gasteiger charge is -2.21. The van der Waals surface area contributed by atoms with Crippen LogP contribution in [0.25, 0.3) is 0 Å². The van der Waals surface area contributed by atoms with Gasteiger partial charge in [0.2, 0.25) is 0 Å². The molecule has 0 bridgehead atoms. The third-order valence-electron chi connectivity index (χ3n) is 15.7. The first-order valence-corrected chi connectivity index (χ1v) is 38.5. The first-order valence-electron chi connectivity index (χ1n) is 35.5. The molecule has 0 saturated heterocycles. The molecule has 0 radical (unpaired) electrons. The molecule has 2 unspecified atom stereocenters. The van der Waals surface area contributed by atoms with Crippen molar-refractivity contribution in [2.24, 2.45) is 11.8 Å². The summed E-state index contributed by atoms with van der Waals surface area (Å²) in [5.41, 5.74) is 0. The van der Waals surface area contributed by atoms with Crippen LogP contribution in [-0.2, 0) is 65.4 Å². The van der Waals surface area contributed by atoms with E-state index in [1.54, 1.807) is 0 Å². The molecule has 87 heavy (non-hydrogen) atoms. The fraction of sp³-hybridized carbons (Fsp3) is 0.941. The van der Waals surface area contributed by atoms with Crippen molar-refractivity contribution in [3.8, 4) is 0 Å². The number of phosphoric ester groups is 2. The summed E-state index contributed by atoms with van der Waals surface area (Å²) in [5, 5.41) is 10.5. The van der Waals surface area contributed by atoms with Gasteiger partial charge < -0.3 is 33.8 Å². The third kappa shape index (κ3) is 62.6. The van der Waals surface area contributed by atoms with Crippen LogP contribution in [0.2, 0.25) is 0 Å². The van der Waals surface area contributed by atoms with Crippen molar-refractivity contribution in [3.63, 3.8) is 0 Å². The Morgan fingerprint density at radius 1 is 0.310 bits per heavy atom. The zero-order chi connectivity index (χ0) is 64.3. The van der Waals surface area contributed by atoms with E-state index >= 15 is 0 Å². The fourth-order valence-electron chi connectivity index (χ4n) is 10.2. The van der Waals surface area contributed by atoms with Crippen LogP contribution < -0.4 is 0 Å². The number of unbranched alkanes of at least 4 members (excludes halogenated alkanes) is 37. The van der Waals surface area contributed by atoms with Crippen LogP contribution in [0.15, 0.2) is 0 Å². The van der Waals surface area contributed by atoms with E-state index in [1.807, 2.05) is 0 Å². The molecular weight excluding hydrogens is 1150 g/mol. The van der Waals surface area contributed by atoms with E-state index in [1.165, 1.54) is 154 Å². The summed E-state index contributed by atoms with van der Waals surface area (Å²) < 4.78 is 67.9. The lowest BCUT2D eigenvalue weighted by molar-refractivity contribution is -0.161. The molecule has 0 spiro atoms. The van der Waals surface area contributed by atoms with Gasteiger partial charge in [0.25, 0.3) is 0 Å². The second kappa shape index (κ2) is 60.3. The molecule has 0 fully saturated rings. The van der Waals surface area contributed by atoms with Crippen molar-refractivity contribution in [1.82, 2.24) is 0 Å². The Labute approximate surface area is 530 Å². The summed E-state index contributed by atoms with van der Waals surface area (Å²) in [4.78, 5) is 72.1. The second-order valence-corrected chi connectivity index (χ2v) is 28.4. The van der Waals surface area contributed by atoms with Gasteiger partial charge >= 0.3 is 39.5 Å². The van der Waals surface area contributed by atoms with Crippen LogP contribution in [0.4, 0.5) is 0 Å². The summed E-state index contributed by atoms with van der Waals surface area (Å²) in [5.74, 6) is -0.653. The lowest BCUT2D eigenvalue weighted by atomic mass is 10.0. The predicted molar refractivity (Wildman–Crippen MR) is 349 cm³/mol. The summed E-state index contributed by atoms with van der Waals surface area (Å²) in [6, 6.07) is 0. The van der Waals surface area contributed by atoms with E-state index in [2.05, 4.69) is 41.5 Å². The maximum atomic E-state index is 13.0. The van der Waals surface area contributed by atoms with E-state index in [0.717, 1.165) is 102 Å². The molecule has 0 aliphatic heterocycles. The molecule has 5 atom stereocenters. The highest BCUT2D eigenvalue weighted by atomic mass is 31.2. The highest BCUT2D eigenvalue weighted by Gasteiger charge is 2.30. The topological polar surface area (TPSA) is 237 Å². The highest BCUT2D eigenvalue weighted by Crippen LogP contribution is 2.45. The number of hydrogen-bond donors (Lipinski definition) is 3. The normalized spacial score (nSPS) is 14.2. The Kier molecular flexibility index (Phi) is 59.0. The zero-order valence-electron chi connectivity index (χ0n) is 56.3. The minimum atomic E-state index is -4.95. The molecular formula is C68H132O17P2. The van der Waals surface area contributed by atoms with Crippen molar-refractivity contribution < 1.29 is 80.2 Å². The quantitative estimate of drug-likeness (QED) is 0.0222. The SMILES string of the molecule is CCCCCCCCCCCCCCC(=O)OC[C@H](COP(=O)(O)OC[C@@H](O)COP(=O)(O)OC[C@@H](COC(=O)CCCCCCC)OC(=O)CCCCCCCCC(C)C)OC(=O)CCCCCCCCCCCCCCCCCCCCC(C)C. The Morgan fingerprint density at radius 3 is 0.782 bits per heavy atom. The first kappa shape index (κ1) is 85.1. The van der Waals surface area contributed by atoms with Crippen LogP contribution in [0.1, 0.15) is 343 Å². The van der Waals surface area contributed by atoms with Crippen molar-refractivity contribution in [3.05, 3.63) is 0 Å². The van der Waals surface area contributed by atoms with E-state index in [-0.39, 0.29) is 25.7 Å². The summed E-state index contributed by atoms with van der Waals surface area (Å²) in [6.45, 7) is 9.38. The molecule has 0 aliphatic carbocycles. The van der Waals surface area contributed by atoms with Gasteiger partial charge in [0.1, 0.15) is 19.3 Å².